The lowest BCUT2D eigenvalue weighted by Gasteiger charge is -2.29. The summed E-state index contributed by atoms with van der Waals surface area (Å²) >= 11 is 0. The number of nitriles is 1. The van der Waals surface area contributed by atoms with Crippen molar-refractivity contribution in [3.8, 4) is 6.07 Å². The molecule has 19 heavy (non-hydrogen) atoms. The van der Waals surface area contributed by atoms with Crippen molar-refractivity contribution >= 4 is 6.09 Å². The van der Waals surface area contributed by atoms with Gasteiger partial charge in [0.05, 0.1) is 6.07 Å². The maximum Gasteiger partial charge on any atom is 0.408 e. The first-order chi connectivity index (χ1) is 8.49. The van der Waals surface area contributed by atoms with Gasteiger partial charge in [-0.2, -0.15) is 14.0 Å². The molecule has 0 fully saturated rings. The van der Waals surface area contributed by atoms with E-state index in [4.69, 9.17) is 10.00 Å². The summed E-state index contributed by atoms with van der Waals surface area (Å²) < 4.78 is 32.6. The van der Waals surface area contributed by atoms with E-state index >= 15 is 0 Å². The quantitative estimate of drug-likeness (QED) is 0.800. The van der Waals surface area contributed by atoms with E-state index in [-0.39, 0.29) is 0 Å². The lowest BCUT2D eigenvalue weighted by molar-refractivity contribution is -0.0135. The SMILES string of the molecule is CC(C)[C@H](NC(=O)OC(C)(C)C)C(F)(F)/C=C/C#N. The molecule has 0 aliphatic heterocycles. The second-order valence-electron chi connectivity index (χ2n) is 5.50. The van der Waals surface area contributed by atoms with Crippen molar-refractivity contribution in [2.45, 2.75) is 52.2 Å². The first-order valence-electron chi connectivity index (χ1n) is 5.94. The highest BCUT2D eigenvalue weighted by Gasteiger charge is 2.40. The van der Waals surface area contributed by atoms with Gasteiger partial charge in [-0.05, 0) is 32.8 Å². The minimum Gasteiger partial charge on any atom is -0.444 e. The van der Waals surface area contributed by atoms with Crippen molar-refractivity contribution < 1.29 is 18.3 Å². The molecular weight excluding hydrogens is 254 g/mol. The molecule has 1 amide bonds. The third-order valence-corrected chi connectivity index (χ3v) is 2.13. The summed E-state index contributed by atoms with van der Waals surface area (Å²) in [5.41, 5.74) is -0.761. The van der Waals surface area contributed by atoms with Crippen LogP contribution < -0.4 is 5.32 Å². The van der Waals surface area contributed by atoms with Crippen LogP contribution in [0.25, 0.3) is 0 Å². The summed E-state index contributed by atoms with van der Waals surface area (Å²) in [7, 11) is 0. The number of alkyl carbamates (subject to hydrolysis) is 1. The number of nitrogens with zero attached hydrogens (tertiary/aromatic N) is 1. The van der Waals surface area contributed by atoms with Crippen LogP contribution in [0, 0.1) is 17.2 Å². The number of carbonyl (C=O) groups excluding carboxylic acids is 1. The lowest BCUT2D eigenvalue weighted by atomic mass is 9.97. The van der Waals surface area contributed by atoms with Crippen LogP contribution in [0.1, 0.15) is 34.6 Å². The Morgan fingerprint density at radius 2 is 1.89 bits per heavy atom. The average Bonchev–Trinajstić information content (AvgIpc) is 2.20. The number of hydrogen-bond donors (Lipinski definition) is 1. The smallest absolute Gasteiger partial charge is 0.408 e. The van der Waals surface area contributed by atoms with Crippen LogP contribution >= 0.6 is 0 Å². The normalized spacial score (nSPS) is 14.3. The highest BCUT2D eigenvalue weighted by atomic mass is 19.3. The maximum atomic E-state index is 13.8. The van der Waals surface area contributed by atoms with Crippen LogP contribution in [0.3, 0.4) is 0 Å². The van der Waals surface area contributed by atoms with Gasteiger partial charge in [0, 0.05) is 6.08 Å². The molecule has 6 heteroatoms. The number of nitrogens with one attached hydrogen (secondary N) is 1. The molecule has 0 aromatic rings. The molecule has 0 saturated heterocycles. The zero-order chi connectivity index (χ0) is 15.3. The standard InChI is InChI=1S/C13H20F2N2O2/c1-9(2)10(13(14,15)7-6-8-16)17-11(18)19-12(3,4)5/h6-7,9-10H,1-5H3,(H,17,18)/b7-6+/t10-/m0/s1. The average molecular weight is 274 g/mol. The summed E-state index contributed by atoms with van der Waals surface area (Å²) in [5, 5.41) is 10.5. The van der Waals surface area contributed by atoms with Crippen LogP contribution in [0.2, 0.25) is 0 Å². The van der Waals surface area contributed by atoms with Crippen LogP contribution in [0.4, 0.5) is 13.6 Å². The second-order valence-corrected chi connectivity index (χ2v) is 5.50. The highest BCUT2D eigenvalue weighted by Crippen LogP contribution is 2.26. The van der Waals surface area contributed by atoms with E-state index in [2.05, 4.69) is 5.32 Å². The van der Waals surface area contributed by atoms with Crippen molar-refractivity contribution in [2.24, 2.45) is 5.92 Å². The molecule has 0 aromatic carbocycles. The van der Waals surface area contributed by atoms with E-state index in [1.807, 2.05) is 0 Å². The van der Waals surface area contributed by atoms with Gasteiger partial charge in [-0.25, -0.2) is 4.79 Å². The number of alkyl halides is 2. The van der Waals surface area contributed by atoms with Gasteiger partial charge in [-0.1, -0.05) is 13.8 Å². The number of ether oxygens (including phenoxy) is 1. The monoisotopic (exact) mass is 274 g/mol. The van der Waals surface area contributed by atoms with E-state index in [1.54, 1.807) is 34.6 Å². The number of halogens is 2. The topological polar surface area (TPSA) is 62.1 Å². The molecule has 0 aliphatic rings. The molecule has 4 nitrogen and oxygen atoms in total. The Balaban J connectivity index is 4.91. The molecule has 0 rings (SSSR count). The molecule has 108 valence electrons. The van der Waals surface area contributed by atoms with Gasteiger partial charge in [0.2, 0.25) is 0 Å². The molecular formula is C13H20F2N2O2. The molecule has 0 unspecified atom stereocenters. The van der Waals surface area contributed by atoms with Crippen molar-refractivity contribution in [1.82, 2.24) is 5.32 Å². The van der Waals surface area contributed by atoms with E-state index in [1.165, 1.54) is 6.07 Å². The van der Waals surface area contributed by atoms with Crippen molar-refractivity contribution in [3.63, 3.8) is 0 Å². The number of rotatable bonds is 4. The second kappa shape index (κ2) is 6.50. The lowest BCUT2D eigenvalue weighted by Crippen LogP contribution is -2.51. The first-order valence-corrected chi connectivity index (χ1v) is 5.94. The zero-order valence-electron chi connectivity index (χ0n) is 11.8. The Labute approximate surface area is 112 Å². The van der Waals surface area contributed by atoms with Crippen LogP contribution in [0.5, 0.6) is 0 Å². The van der Waals surface area contributed by atoms with Crippen molar-refractivity contribution in [1.29, 1.82) is 5.26 Å². The van der Waals surface area contributed by atoms with Crippen molar-refractivity contribution in [2.75, 3.05) is 0 Å². The van der Waals surface area contributed by atoms with Gasteiger partial charge in [-0.15, -0.1) is 0 Å². The Morgan fingerprint density at radius 1 is 1.37 bits per heavy atom. The minimum absolute atomic E-state index is 0.481. The predicted octanol–water partition coefficient (Wildman–Crippen LogP) is 3.25. The van der Waals surface area contributed by atoms with Gasteiger partial charge in [-0.3, -0.25) is 0 Å². The Morgan fingerprint density at radius 3 is 2.26 bits per heavy atom. The van der Waals surface area contributed by atoms with Gasteiger partial charge in [0.1, 0.15) is 11.6 Å². The number of amides is 1. The first kappa shape index (κ1) is 17.4. The summed E-state index contributed by atoms with van der Waals surface area (Å²) in [6.07, 6.45) is 0.275. The summed E-state index contributed by atoms with van der Waals surface area (Å²) in [6, 6.07) is 0.0667. The number of allylic oxidation sites excluding steroid dienone is 1. The van der Waals surface area contributed by atoms with Crippen LogP contribution in [0.15, 0.2) is 12.2 Å². The Kier molecular flexibility index (Phi) is 5.94. The van der Waals surface area contributed by atoms with E-state index in [9.17, 15) is 13.6 Å². The van der Waals surface area contributed by atoms with Gasteiger partial charge < -0.3 is 10.1 Å². The molecule has 0 radical (unpaired) electrons. The third-order valence-electron chi connectivity index (χ3n) is 2.13. The highest BCUT2D eigenvalue weighted by molar-refractivity contribution is 5.68. The minimum atomic E-state index is -3.32. The molecule has 0 heterocycles. The third kappa shape index (κ3) is 6.75. The van der Waals surface area contributed by atoms with E-state index in [0.717, 1.165) is 0 Å². The largest absolute Gasteiger partial charge is 0.444 e. The molecule has 0 bridgehead atoms. The zero-order valence-corrected chi connectivity index (χ0v) is 11.8. The van der Waals surface area contributed by atoms with Gasteiger partial charge in [0.15, 0.2) is 0 Å². The molecule has 1 N–H and O–H groups in total. The maximum absolute atomic E-state index is 13.8. The summed E-state index contributed by atoms with van der Waals surface area (Å²) in [5.74, 6) is -3.84. The summed E-state index contributed by atoms with van der Waals surface area (Å²) in [4.78, 5) is 11.5. The number of carbonyl (C=O) groups is 1. The molecule has 0 spiro atoms. The van der Waals surface area contributed by atoms with Crippen LogP contribution in [-0.2, 0) is 4.74 Å². The number of hydrogen-bond acceptors (Lipinski definition) is 3. The van der Waals surface area contributed by atoms with Gasteiger partial charge >= 0.3 is 6.09 Å². The predicted molar refractivity (Wildman–Crippen MR) is 67.7 cm³/mol. The molecule has 0 saturated carbocycles. The summed E-state index contributed by atoms with van der Waals surface area (Å²) in [6.45, 7) is 8.03. The Bertz CT molecular complexity index is 379. The fraction of sp³-hybridized carbons (Fsp3) is 0.692. The fourth-order valence-corrected chi connectivity index (χ4v) is 1.39. The van der Waals surface area contributed by atoms with E-state index in [0.29, 0.717) is 12.2 Å². The van der Waals surface area contributed by atoms with Gasteiger partial charge in [0.25, 0.3) is 5.92 Å². The van der Waals surface area contributed by atoms with Crippen molar-refractivity contribution in [3.05, 3.63) is 12.2 Å². The fourth-order valence-electron chi connectivity index (χ4n) is 1.39. The van der Waals surface area contributed by atoms with E-state index < -0.39 is 29.6 Å². The molecule has 0 aliphatic carbocycles. The molecule has 1 atom stereocenters. The Hall–Kier alpha value is -1.64. The van der Waals surface area contributed by atoms with Crippen LogP contribution in [-0.4, -0.2) is 23.7 Å². The molecule has 0 aromatic heterocycles.